The van der Waals surface area contributed by atoms with Crippen LogP contribution in [0.15, 0.2) is 58.5 Å². The van der Waals surface area contributed by atoms with Gasteiger partial charge in [0, 0.05) is 57.3 Å². The number of aliphatic hydroxyl groups excluding tert-OH is 1. The second-order valence-corrected chi connectivity index (χ2v) is 11.4. The van der Waals surface area contributed by atoms with E-state index >= 15 is 0 Å². The summed E-state index contributed by atoms with van der Waals surface area (Å²) in [7, 11) is -2.35. The van der Waals surface area contributed by atoms with Crippen molar-refractivity contribution in [2.45, 2.75) is 37.8 Å². The zero-order chi connectivity index (χ0) is 25.5. The second kappa shape index (κ2) is 11.5. The summed E-state index contributed by atoms with van der Waals surface area (Å²) in [6.45, 7) is 0.541. The van der Waals surface area contributed by atoms with Crippen molar-refractivity contribution in [3.8, 4) is 11.8 Å². The third-order valence-electron chi connectivity index (χ3n) is 6.38. The monoisotopic (exact) mass is 504 g/mol. The number of carbonyl (C=O) groups excluding carboxylic acids is 2. The average Bonchev–Trinajstić information content (AvgIpc) is 2.89. The number of carbonyl (C=O) groups is 2. The molecule has 2 heterocycles. The first kappa shape index (κ1) is 25.6. The van der Waals surface area contributed by atoms with Gasteiger partial charge in [0.1, 0.15) is 6.34 Å². The largest absolute Gasteiger partial charge is 0.396 e. The lowest BCUT2D eigenvalue weighted by atomic mass is 9.92. The van der Waals surface area contributed by atoms with E-state index in [2.05, 4.69) is 27.1 Å². The molecule has 2 aromatic carbocycles. The molecule has 2 aromatic rings. The van der Waals surface area contributed by atoms with E-state index in [0.29, 0.717) is 17.5 Å². The minimum atomic E-state index is -2.35. The number of amides is 1. The highest BCUT2D eigenvalue weighted by Crippen LogP contribution is 2.21. The second-order valence-electron chi connectivity index (χ2n) is 8.98. The number of Topliss-reactive ketones (excluding diaryl/α,β-unsaturated/α-hetero) is 1. The Hall–Kier alpha value is -3.45. The summed E-state index contributed by atoms with van der Waals surface area (Å²) in [6.07, 6.45) is 2.80. The number of aliphatic hydroxyl groups is 1. The minimum Gasteiger partial charge on any atom is -0.396 e. The van der Waals surface area contributed by atoms with E-state index in [1.807, 2.05) is 48.5 Å². The maximum atomic E-state index is 11.9. The predicted octanol–water partition coefficient (Wildman–Crippen LogP) is 2.43. The highest BCUT2D eigenvalue weighted by Gasteiger charge is 2.25. The van der Waals surface area contributed by atoms with Crippen molar-refractivity contribution >= 4 is 33.5 Å². The summed E-state index contributed by atoms with van der Waals surface area (Å²) in [5, 5.41) is 13.3. The molecule has 1 saturated heterocycles. The van der Waals surface area contributed by atoms with E-state index in [9.17, 15) is 18.9 Å². The summed E-state index contributed by atoms with van der Waals surface area (Å²) in [4.78, 5) is 30.6. The van der Waals surface area contributed by atoms with Crippen LogP contribution in [0.1, 0.15) is 47.4 Å². The van der Waals surface area contributed by atoms with Crippen LogP contribution in [-0.4, -0.2) is 57.2 Å². The minimum absolute atomic E-state index is 0.105. The molecule has 0 saturated carbocycles. The molecule has 8 nitrogen and oxygen atoms in total. The van der Waals surface area contributed by atoms with Crippen molar-refractivity contribution < 1.29 is 18.9 Å². The normalized spacial score (nSPS) is 22.5. The molecule has 1 unspecified atom stereocenters. The molecule has 1 amide bonds. The summed E-state index contributed by atoms with van der Waals surface area (Å²) in [6, 6.07) is 15.8. The van der Waals surface area contributed by atoms with Gasteiger partial charge in [-0.2, -0.15) is 4.99 Å². The van der Waals surface area contributed by atoms with Gasteiger partial charge < -0.3 is 10.4 Å². The third kappa shape index (κ3) is 6.82. The number of hydrogen-bond donors (Lipinski definition) is 3. The molecule has 36 heavy (non-hydrogen) atoms. The molecule has 186 valence electrons. The number of benzene rings is 2. The predicted molar refractivity (Wildman–Crippen MR) is 140 cm³/mol. The summed E-state index contributed by atoms with van der Waals surface area (Å²) in [5.74, 6) is 5.32. The molecule has 2 aliphatic rings. The van der Waals surface area contributed by atoms with Crippen molar-refractivity contribution in [3.63, 3.8) is 0 Å². The summed E-state index contributed by atoms with van der Waals surface area (Å²) in [5.41, 5.74) is 3.79. The van der Waals surface area contributed by atoms with E-state index in [1.165, 1.54) is 0 Å². The lowest BCUT2D eigenvalue weighted by Crippen LogP contribution is -2.36. The Bertz CT molecular complexity index is 1340. The molecule has 4 rings (SSSR count). The molecule has 0 aliphatic carbocycles. The Morgan fingerprint density at radius 2 is 1.64 bits per heavy atom. The first-order valence-electron chi connectivity index (χ1n) is 11.8. The highest BCUT2D eigenvalue weighted by atomic mass is 32.2. The van der Waals surface area contributed by atoms with Crippen molar-refractivity contribution in [1.29, 1.82) is 4.78 Å². The van der Waals surface area contributed by atoms with Crippen LogP contribution in [0.3, 0.4) is 0 Å². The number of nitrogens with zero attached hydrogens (tertiary/aromatic N) is 2. The quantitative estimate of drug-likeness (QED) is 0.394. The number of aliphatic imine (C=N–C) groups is 2. The Balaban J connectivity index is 1.32. The van der Waals surface area contributed by atoms with Gasteiger partial charge in [-0.05, 0) is 48.2 Å². The van der Waals surface area contributed by atoms with E-state index in [-0.39, 0.29) is 24.7 Å². The Morgan fingerprint density at radius 1 is 1.03 bits per heavy atom. The van der Waals surface area contributed by atoms with Gasteiger partial charge in [-0.25, -0.2) is 9.20 Å². The molecule has 0 radical (unpaired) electrons. The lowest BCUT2D eigenvalue weighted by Gasteiger charge is -2.24. The SMILES string of the molecule is N=S1(=O)CCC(NCc2ccc(C#Cc3ccc(C(CO)CC4=NC=NC(=O)C4=O)cc3)cc2)CC1. The summed E-state index contributed by atoms with van der Waals surface area (Å²) < 4.78 is 19.5. The zero-order valence-corrected chi connectivity index (χ0v) is 20.6. The molecule has 3 N–H and O–H groups in total. The molecule has 0 spiro atoms. The molecular formula is C27H28N4O4S. The van der Waals surface area contributed by atoms with Crippen molar-refractivity contribution in [3.05, 3.63) is 70.8 Å². The fraction of sp³-hybridized carbons (Fsp3) is 0.333. The first-order valence-corrected chi connectivity index (χ1v) is 13.7. The maximum Gasteiger partial charge on any atom is 0.320 e. The van der Waals surface area contributed by atoms with E-state index in [1.54, 1.807) is 0 Å². The molecule has 1 atom stereocenters. The van der Waals surface area contributed by atoms with Gasteiger partial charge >= 0.3 is 5.91 Å². The van der Waals surface area contributed by atoms with Gasteiger partial charge in [-0.3, -0.25) is 14.4 Å². The number of nitrogens with one attached hydrogen (secondary N) is 2. The number of hydrogen-bond acceptors (Lipinski definition) is 7. The van der Waals surface area contributed by atoms with Gasteiger partial charge in [0.2, 0.25) is 0 Å². The van der Waals surface area contributed by atoms with E-state index < -0.39 is 21.4 Å². The van der Waals surface area contributed by atoms with E-state index in [0.717, 1.165) is 48.0 Å². The molecule has 2 aliphatic heterocycles. The van der Waals surface area contributed by atoms with Crippen molar-refractivity contribution in [1.82, 2.24) is 5.32 Å². The fourth-order valence-electron chi connectivity index (χ4n) is 4.13. The smallest absolute Gasteiger partial charge is 0.320 e. The van der Waals surface area contributed by atoms with Gasteiger partial charge in [0.05, 0.1) is 12.3 Å². The van der Waals surface area contributed by atoms with Crippen LogP contribution >= 0.6 is 0 Å². The van der Waals surface area contributed by atoms with Crippen LogP contribution in [0.2, 0.25) is 0 Å². The molecular weight excluding hydrogens is 476 g/mol. The molecule has 1 fully saturated rings. The van der Waals surface area contributed by atoms with E-state index in [4.69, 9.17) is 4.78 Å². The van der Waals surface area contributed by atoms with Crippen LogP contribution in [0, 0.1) is 16.6 Å². The van der Waals surface area contributed by atoms with Crippen LogP contribution in [-0.2, 0) is 25.9 Å². The average molecular weight is 505 g/mol. The number of ketones is 1. The first-order chi connectivity index (χ1) is 17.3. The Labute approximate surface area is 210 Å². The van der Waals surface area contributed by atoms with Crippen LogP contribution in [0.5, 0.6) is 0 Å². The molecule has 9 heteroatoms. The lowest BCUT2D eigenvalue weighted by molar-refractivity contribution is -0.132. The van der Waals surface area contributed by atoms with Gasteiger partial charge in [-0.15, -0.1) is 0 Å². The standard InChI is InChI=1S/C27H28N4O4S/c28-36(35)13-11-24(12-14-36)29-16-21-5-3-19(4-6-21)1-2-20-7-9-22(10-8-20)23(17-32)15-25-26(33)27(34)31-18-30-25/h3-10,18,23-24,28-29,32H,11-17H2. The maximum absolute atomic E-state index is 11.9. The fourth-order valence-corrected chi connectivity index (χ4v) is 5.66. The zero-order valence-electron chi connectivity index (χ0n) is 19.8. The topological polar surface area (TPSA) is 132 Å². The summed E-state index contributed by atoms with van der Waals surface area (Å²) >= 11 is 0. The van der Waals surface area contributed by atoms with Crippen LogP contribution < -0.4 is 5.32 Å². The number of rotatable bonds is 7. The van der Waals surface area contributed by atoms with Gasteiger partial charge in [0.25, 0.3) is 5.78 Å². The van der Waals surface area contributed by atoms with Crippen molar-refractivity contribution in [2.24, 2.45) is 9.98 Å². The highest BCUT2D eigenvalue weighted by molar-refractivity contribution is 7.92. The Kier molecular flexibility index (Phi) is 8.21. The van der Waals surface area contributed by atoms with Gasteiger partial charge in [-0.1, -0.05) is 36.1 Å². The Morgan fingerprint density at radius 3 is 2.25 bits per heavy atom. The third-order valence-corrected chi connectivity index (χ3v) is 8.17. The molecule has 0 bridgehead atoms. The van der Waals surface area contributed by atoms with Crippen molar-refractivity contribution in [2.75, 3.05) is 18.1 Å². The van der Waals surface area contributed by atoms with Crippen LogP contribution in [0.4, 0.5) is 0 Å². The van der Waals surface area contributed by atoms with Crippen LogP contribution in [0.25, 0.3) is 0 Å². The molecule has 0 aromatic heterocycles. The van der Waals surface area contributed by atoms with Gasteiger partial charge in [0.15, 0.2) is 0 Å².